The monoisotopic (exact) mass is 308 g/mol. The molecule has 2 heterocycles. The third kappa shape index (κ3) is 5.67. The number of amides is 1. The number of rotatable bonds is 5. The van der Waals surface area contributed by atoms with Gasteiger partial charge in [-0.15, -0.1) is 0 Å². The lowest BCUT2D eigenvalue weighted by molar-refractivity contribution is 0.0188. The van der Waals surface area contributed by atoms with Crippen molar-refractivity contribution in [3.63, 3.8) is 0 Å². The van der Waals surface area contributed by atoms with E-state index in [-0.39, 0.29) is 6.09 Å². The van der Waals surface area contributed by atoms with Gasteiger partial charge in [-0.25, -0.2) is 9.78 Å². The third-order valence-electron chi connectivity index (χ3n) is 3.65. The number of nitrogens with zero attached hydrogens (tertiary/aromatic N) is 2. The maximum Gasteiger partial charge on any atom is 0.410 e. The average Bonchev–Trinajstić information content (AvgIpc) is 2.95. The molecule has 124 valence electrons. The fraction of sp³-hybridized carbons (Fsp3) is 0.750. The Morgan fingerprint density at radius 3 is 3.05 bits per heavy atom. The van der Waals surface area contributed by atoms with Crippen molar-refractivity contribution in [3.8, 4) is 0 Å². The van der Waals surface area contributed by atoms with Gasteiger partial charge in [-0.3, -0.25) is 0 Å². The van der Waals surface area contributed by atoms with Gasteiger partial charge < -0.3 is 19.9 Å². The van der Waals surface area contributed by atoms with Gasteiger partial charge in [0.1, 0.15) is 11.4 Å². The number of carbonyl (C=O) groups is 1. The van der Waals surface area contributed by atoms with Crippen LogP contribution in [0.2, 0.25) is 0 Å². The van der Waals surface area contributed by atoms with E-state index < -0.39 is 5.60 Å². The van der Waals surface area contributed by atoms with Gasteiger partial charge in [-0.1, -0.05) is 0 Å². The normalized spacial score (nSPS) is 19.2. The molecule has 1 amide bonds. The van der Waals surface area contributed by atoms with Crippen LogP contribution in [0.5, 0.6) is 0 Å². The quantitative estimate of drug-likeness (QED) is 0.819. The second kappa shape index (κ2) is 7.63. The van der Waals surface area contributed by atoms with Gasteiger partial charge in [0, 0.05) is 37.9 Å². The van der Waals surface area contributed by atoms with E-state index in [9.17, 15) is 4.79 Å². The lowest BCUT2D eigenvalue weighted by Crippen LogP contribution is -2.49. The zero-order valence-corrected chi connectivity index (χ0v) is 13.9. The predicted molar refractivity (Wildman–Crippen MR) is 85.7 cm³/mol. The van der Waals surface area contributed by atoms with Crippen LogP contribution in [-0.2, 0) is 11.2 Å². The molecule has 1 aliphatic rings. The number of aryl methyl sites for hydroxylation is 1. The highest BCUT2D eigenvalue weighted by atomic mass is 16.6. The molecule has 1 unspecified atom stereocenters. The van der Waals surface area contributed by atoms with E-state index in [1.807, 2.05) is 31.9 Å². The molecule has 0 radical (unpaired) electrons. The molecule has 0 spiro atoms. The first-order chi connectivity index (χ1) is 10.4. The van der Waals surface area contributed by atoms with Crippen LogP contribution in [0.1, 0.15) is 45.9 Å². The van der Waals surface area contributed by atoms with Gasteiger partial charge in [0.15, 0.2) is 0 Å². The summed E-state index contributed by atoms with van der Waals surface area (Å²) in [4.78, 5) is 21.3. The van der Waals surface area contributed by atoms with E-state index in [4.69, 9.17) is 4.74 Å². The Kier molecular flexibility index (Phi) is 5.83. The molecule has 0 aliphatic carbocycles. The first-order valence-electron chi connectivity index (χ1n) is 8.13. The number of imidazole rings is 1. The van der Waals surface area contributed by atoms with E-state index in [0.717, 1.165) is 51.1 Å². The summed E-state index contributed by atoms with van der Waals surface area (Å²) in [6, 6.07) is 0.359. The van der Waals surface area contributed by atoms with E-state index in [0.29, 0.717) is 6.04 Å². The number of nitrogens with one attached hydrogen (secondary N) is 2. The number of hydrogen-bond acceptors (Lipinski definition) is 4. The molecular weight excluding hydrogens is 280 g/mol. The van der Waals surface area contributed by atoms with Gasteiger partial charge in [-0.05, 0) is 46.6 Å². The van der Waals surface area contributed by atoms with Crippen LogP contribution < -0.4 is 5.32 Å². The van der Waals surface area contributed by atoms with Crippen molar-refractivity contribution in [2.75, 3.05) is 19.6 Å². The third-order valence-corrected chi connectivity index (χ3v) is 3.65. The smallest absolute Gasteiger partial charge is 0.410 e. The predicted octanol–water partition coefficient (Wildman–Crippen LogP) is 2.33. The molecule has 1 fully saturated rings. The summed E-state index contributed by atoms with van der Waals surface area (Å²) in [5.74, 6) is 1.03. The van der Waals surface area contributed by atoms with E-state index in [1.165, 1.54) is 0 Å². The summed E-state index contributed by atoms with van der Waals surface area (Å²) in [5.41, 5.74) is -0.430. The van der Waals surface area contributed by atoms with Crippen LogP contribution in [0.25, 0.3) is 0 Å². The summed E-state index contributed by atoms with van der Waals surface area (Å²) >= 11 is 0. The summed E-state index contributed by atoms with van der Waals surface area (Å²) in [6.45, 7) is 8.17. The maximum absolute atomic E-state index is 12.1. The highest BCUT2D eigenvalue weighted by Gasteiger charge is 2.27. The molecule has 2 rings (SSSR count). The van der Waals surface area contributed by atoms with Crippen LogP contribution in [0.15, 0.2) is 12.4 Å². The molecule has 0 aromatic carbocycles. The summed E-state index contributed by atoms with van der Waals surface area (Å²) in [6.07, 6.45) is 7.55. The number of hydrogen-bond donors (Lipinski definition) is 2. The molecular formula is C16H28N4O2. The first kappa shape index (κ1) is 16.8. The minimum absolute atomic E-state index is 0.199. The van der Waals surface area contributed by atoms with Crippen molar-refractivity contribution in [3.05, 3.63) is 18.2 Å². The standard InChI is InChI=1S/C16H28N4O2/c1-16(2,3)22-15(21)20-11-5-6-13(12-20)17-8-4-7-14-18-9-10-19-14/h9-10,13,17H,4-8,11-12H2,1-3H3,(H,18,19). The summed E-state index contributed by atoms with van der Waals surface area (Å²) in [5, 5.41) is 3.54. The van der Waals surface area contributed by atoms with Crippen LogP contribution in [0, 0.1) is 0 Å². The van der Waals surface area contributed by atoms with Crippen LogP contribution in [-0.4, -0.2) is 52.2 Å². The number of piperidine rings is 1. The van der Waals surface area contributed by atoms with Gasteiger partial charge >= 0.3 is 6.09 Å². The van der Waals surface area contributed by atoms with Crippen LogP contribution in [0.3, 0.4) is 0 Å². The molecule has 1 aromatic heterocycles. The number of H-pyrrole nitrogens is 1. The van der Waals surface area contributed by atoms with Crippen molar-refractivity contribution >= 4 is 6.09 Å². The van der Waals surface area contributed by atoms with Crippen molar-refractivity contribution in [2.45, 2.75) is 58.1 Å². The van der Waals surface area contributed by atoms with Gasteiger partial charge in [0.2, 0.25) is 0 Å². The number of aromatic nitrogens is 2. The molecule has 1 aliphatic heterocycles. The molecule has 0 saturated carbocycles. The number of carbonyl (C=O) groups excluding carboxylic acids is 1. The highest BCUT2D eigenvalue weighted by molar-refractivity contribution is 5.68. The maximum atomic E-state index is 12.1. The van der Waals surface area contributed by atoms with E-state index in [2.05, 4.69) is 15.3 Å². The van der Waals surface area contributed by atoms with Gasteiger partial charge in [0.05, 0.1) is 0 Å². The SMILES string of the molecule is CC(C)(C)OC(=O)N1CCCC(NCCCc2ncc[nH]2)C1. The molecule has 22 heavy (non-hydrogen) atoms. The molecule has 1 atom stereocenters. The lowest BCUT2D eigenvalue weighted by Gasteiger charge is -2.34. The highest BCUT2D eigenvalue weighted by Crippen LogP contribution is 2.15. The first-order valence-corrected chi connectivity index (χ1v) is 8.13. The Morgan fingerprint density at radius 2 is 2.36 bits per heavy atom. The topological polar surface area (TPSA) is 70.2 Å². The number of likely N-dealkylation sites (tertiary alicyclic amines) is 1. The van der Waals surface area contributed by atoms with E-state index >= 15 is 0 Å². The Hall–Kier alpha value is -1.56. The van der Waals surface area contributed by atoms with Gasteiger partial charge in [-0.2, -0.15) is 0 Å². The lowest BCUT2D eigenvalue weighted by atomic mass is 10.1. The van der Waals surface area contributed by atoms with Crippen molar-refractivity contribution in [1.82, 2.24) is 20.2 Å². The summed E-state index contributed by atoms with van der Waals surface area (Å²) in [7, 11) is 0. The second-order valence-electron chi connectivity index (χ2n) is 6.86. The fourth-order valence-corrected chi connectivity index (χ4v) is 2.63. The molecule has 6 heteroatoms. The zero-order chi connectivity index (χ0) is 16.0. The molecule has 6 nitrogen and oxygen atoms in total. The Balaban J connectivity index is 1.68. The van der Waals surface area contributed by atoms with Crippen LogP contribution in [0.4, 0.5) is 4.79 Å². The van der Waals surface area contributed by atoms with Gasteiger partial charge in [0.25, 0.3) is 0 Å². The van der Waals surface area contributed by atoms with Crippen molar-refractivity contribution < 1.29 is 9.53 Å². The molecule has 1 aromatic rings. The Morgan fingerprint density at radius 1 is 1.55 bits per heavy atom. The minimum Gasteiger partial charge on any atom is -0.444 e. The molecule has 1 saturated heterocycles. The van der Waals surface area contributed by atoms with Crippen LogP contribution >= 0.6 is 0 Å². The Labute approximate surface area is 132 Å². The Bertz CT molecular complexity index is 453. The number of ether oxygens (including phenoxy) is 1. The van der Waals surface area contributed by atoms with Crippen molar-refractivity contribution in [2.24, 2.45) is 0 Å². The molecule has 0 bridgehead atoms. The summed E-state index contributed by atoms with van der Waals surface area (Å²) < 4.78 is 5.45. The molecule has 2 N–H and O–H groups in total. The number of aromatic amines is 1. The average molecular weight is 308 g/mol. The van der Waals surface area contributed by atoms with Crippen molar-refractivity contribution in [1.29, 1.82) is 0 Å². The fourth-order valence-electron chi connectivity index (χ4n) is 2.63. The van der Waals surface area contributed by atoms with E-state index in [1.54, 1.807) is 6.20 Å². The largest absolute Gasteiger partial charge is 0.444 e. The second-order valence-corrected chi connectivity index (χ2v) is 6.86. The minimum atomic E-state index is -0.430. The zero-order valence-electron chi connectivity index (χ0n) is 13.9.